The molecule has 0 saturated carbocycles. The first-order valence-electron chi connectivity index (χ1n) is 7.71. The van der Waals surface area contributed by atoms with Crippen molar-refractivity contribution in [3.8, 4) is 0 Å². The smallest absolute Gasteiger partial charge is 0.194 e. The third-order valence-electron chi connectivity index (χ3n) is 4.48. The molecule has 0 amide bonds. The zero-order valence-electron chi connectivity index (χ0n) is 12.9. The highest BCUT2D eigenvalue weighted by atomic mass is 32.1. The van der Waals surface area contributed by atoms with Crippen LogP contribution < -0.4 is 5.32 Å². The number of aromatic nitrogens is 1. The molecule has 0 radical (unpaired) electrons. The van der Waals surface area contributed by atoms with Gasteiger partial charge < -0.3 is 15.0 Å². The number of aliphatic imine (C=N–C) groups is 1. The summed E-state index contributed by atoms with van der Waals surface area (Å²) in [4.78, 5) is 12.6. The largest absolute Gasteiger partial charge is 0.381 e. The zero-order valence-corrected chi connectivity index (χ0v) is 13.7. The molecule has 0 aliphatic carbocycles. The van der Waals surface area contributed by atoms with E-state index in [4.69, 9.17) is 4.74 Å². The van der Waals surface area contributed by atoms with E-state index in [1.807, 2.05) is 13.2 Å². The molecule has 2 fully saturated rings. The Bertz CT molecular complexity index is 508. The van der Waals surface area contributed by atoms with Gasteiger partial charge in [0.2, 0.25) is 0 Å². The summed E-state index contributed by atoms with van der Waals surface area (Å²) < 4.78 is 5.59. The molecule has 3 rings (SSSR count). The number of likely N-dealkylation sites (tertiary alicyclic amines) is 1. The predicted octanol–water partition coefficient (Wildman–Crippen LogP) is 1.89. The van der Waals surface area contributed by atoms with E-state index in [1.165, 1.54) is 17.7 Å². The van der Waals surface area contributed by atoms with Crippen molar-refractivity contribution in [2.45, 2.75) is 32.7 Å². The summed E-state index contributed by atoms with van der Waals surface area (Å²) in [5.74, 6) is 0.993. The number of guanidine groups is 1. The third-order valence-corrected chi connectivity index (χ3v) is 5.62. The SMILES string of the molecule is CCc1cnc(CNC(=NC)N2CCC3(CCOC3)C2)s1. The molecule has 3 heterocycles. The van der Waals surface area contributed by atoms with E-state index in [1.54, 1.807) is 11.3 Å². The summed E-state index contributed by atoms with van der Waals surface area (Å²) in [7, 11) is 1.86. The molecule has 1 unspecified atom stereocenters. The fourth-order valence-corrected chi connectivity index (χ4v) is 3.97. The lowest BCUT2D eigenvalue weighted by atomic mass is 9.87. The lowest BCUT2D eigenvalue weighted by Crippen LogP contribution is -2.41. The van der Waals surface area contributed by atoms with Crippen molar-refractivity contribution in [2.75, 3.05) is 33.4 Å². The minimum Gasteiger partial charge on any atom is -0.381 e. The van der Waals surface area contributed by atoms with Crippen LogP contribution in [0.3, 0.4) is 0 Å². The predicted molar refractivity (Wildman–Crippen MR) is 85.7 cm³/mol. The normalized spacial score (nSPS) is 26.0. The van der Waals surface area contributed by atoms with Crippen molar-refractivity contribution in [2.24, 2.45) is 10.4 Å². The van der Waals surface area contributed by atoms with E-state index in [9.17, 15) is 0 Å². The maximum atomic E-state index is 5.59. The molecule has 5 nitrogen and oxygen atoms in total. The van der Waals surface area contributed by atoms with Crippen LogP contribution in [0.2, 0.25) is 0 Å². The van der Waals surface area contributed by atoms with Gasteiger partial charge in [-0.05, 0) is 19.3 Å². The lowest BCUT2D eigenvalue weighted by molar-refractivity contribution is 0.156. The Kier molecular flexibility index (Phi) is 4.45. The zero-order chi connectivity index (χ0) is 14.7. The fraction of sp³-hybridized carbons (Fsp3) is 0.733. The average Bonchev–Trinajstić information content (AvgIpc) is 3.23. The number of ether oxygens (including phenoxy) is 1. The number of aryl methyl sites for hydroxylation is 1. The summed E-state index contributed by atoms with van der Waals surface area (Å²) in [5, 5.41) is 4.59. The summed E-state index contributed by atoms with van der Waals surface area (Å²) in [6.45, 7) is 6.88. The van der Waals surface area contributed by atoms with Crippen molar-refractivity contribution < 1.29 is 4.74 Å². The summed E-state index contributed by atoms with van der Waals surface area (Å²) in [6, 6.07) is 0. The number of thiazole rings is 1. The van der Waals surface area contributed by atoms with Crippen molar-refractivity contribution >= 4 is 17.3 Å². The molecule has 1 N–H and O–H groups in total. The van der Waals surface area contributed by atoms with Gasteiger partial charge in [-0.2, -0.15) is 0 Å². The van der Waals surface area contributed by atoms with Gasteiger partial charge in [-0.15, -0.1) is 11.3 Å². The Morgan fingerprint density at radius 1 is 1.57 bits per heavy atom. The van der Waals surface area contributed by atoms with E-state index in [-0.39, 0.29) is 0 Å². The topological polar surface area (TPSA) is 49.8 Å². The Labute approximate surface area is 130 Å². The Morgan fingerprint density at radius 2 is 2.48 bits per heavy atom. The Morgan fingerprint density at radius 3 is 3.14 bits per heavy atom. The van der Waals surface area contributed by atoms with Gasteiger partial charge in [-0.25, -0.2) is 4.98 Å². The highest BCUT2D eigenvalue weighted by Gasteiger charge is 2.42. The van der Waals surface area contributed by atoms with Crippen LogP contribution in [-0.2, 0) is 17.7 Å². The van der Waals surface area contributed by atoms with Gasteiger partial charge in [-0.1, -0.05) is 6.92 Å². The molecule has 6 heteroatoms. The molecule has 116 valence electrons. The van der Waals surface area contributed by atoms with Crippen LogP contribution in [0.25, 0.3) is 0 Å². The van der Waals surface area contributed by atoms with Gasteiger partial charge in [0.05, 0.1) is 13.2 Å². The van der Waals surface area contributed by atoms with Crippen molar-refractivity contribution in [1.29, 1.82) is 0 Å². The van der Waals surface area contributed by atoms with E-state index in [0.29, 0.717) is 5.41 Å². The quantitative estimate of drug-likeness (QED) is 0.684. The fourth-order valence-electron chi connectivity index (χ4n) is 3.17. The third kappa shape index (κ3) is 3.21. The van der Waals surface area contributed by atoms with Crippen LogP contribution >= 0.6 is 11.3 Å². The van der Waals surface area contributed by atoms with Crippen molar-refractivity contribution in [3.05, 3.63) is 16.1 Å². The number of nitrogens with one attached hydrogen (secondary N) is 1. The molecule has 21 heavy (non-hydrogen) atoms. The van der Waals surface area contributed by atoms with Crippen LogP contribution in [-0.4, -0.2) is 49.2 Å². The molecular weight excluding hydrogens is 284 g/mol. The first-order chi connectivity index (χ1) is 10.2. The molecule has 2 aliphatic heterocycles. The highest BCUT2D eigenvalue weighted by Crippen LogP contribution is 2.38. The molecule has 0 aromatic carbocycles. The molecule has 1 atom stereocenters. The Balaban J connectivity index is 1.56. The van der Waals surface area contributed by atoms with Crippen LogP contribution in [0.15, 0.2) is 11.2 Å². The van der Waals surface area contributed by atoms with Gasteiger partial charge in [0.1, 0.15) is 5.01 Å². The van der Waals surface area contributed by atoms with Gasteiger partial charge >= 0.3 is 0 Å². The molecule has 1 aromatic heterocycles. The lowest BCUT2D eigenvalue weighted by Gasteiger charge is -2.24. The minimum atomic E-state index is 0.369. The van der Waals surface area contributed by atoms with E-state index in [2.05, 4.69) is 27.1 Å². The molecule has 1 spiro atoms. The number of hydrogen-bond donors (Lipinski definition) is 1. The summed E-state index contributed by atoms with van der Waals surface area (Å²) in [5.41, 5.74) is 0.369. The van der Waals surface area contributed by atoms with Crippen LogP contribution in [0.5, 0.6) is 0 Å². The summed E-state index contributed by atoms with van der Waals surface area (Å²) in [6.07, 6.45) is 5.43. The number of hydrogen-bond acceptors (Lipinski definition) is 4. The number of rotatable bonds is 3. The summed E-state index contributed by atoms with van der Waals surface area (Å²) >= 11 is 1.78. The first kappa shape index (κ1) is 14.8. The minimum absolute atomic E-state index is 0.369. The molecular formula is C15H24N4OS. The molecule has 1 aromatic rings. The van der Waals surface area contributed by atoms with E-state index in [0.717, 1.165) is 50.2 Å². The van der Waals surface area contributed by atoms with Crippen molar-refractivity contribution in [1.82, 2.24) is 15.2 Å². The van der Waals surface area contributed by atoms with Crippen LogP contribution in [0.1, 0.15) is 29.7 Å². The van der Waals surface area contributed by atoms with E-state index < -0.39 is 0 Å². The van der Waals surface area contributed by atoms with Gasteiger partial charge in [0.15, 0.2) is 5.96 Å². The maximum Gasteiger partial charge on any atom is 0.194 e. The molecule has 2 saturated heterocycles. The highest BCUT2D eigenvalue weighted by molar-refractivity contribution is 7.11. The number of nitrogens with zero attached hydrogens (tertiary/aromatic N) is 3. The Hall–Kier alpha value is -1.14. The first-order valence-corrected chi connectivity index (χ1v) is 8.53. The molecule has 2 aliphatic rings. The standard InChI is InChI=1S/C15H24N4OS/c1-3-12-8-17-13(21-12)9-18-14(16-2)19-6-4-15(10-19)5-7-20-11-15/h8H,3-7,9-11H2,1-2H3,(H,16,18). The second-order valence-electron chi connectivity index (χ2n) is 5.95. The van der Waals surface area contributed by atoms with Crippen molar-refractivity contribution in [3.63, 3.8) is 0 Å². The average molecular weight is 308 g/mol. The molecule has 0 bridgehead atoms. The van der Waals surface area contributed by atoms with Crippen LogP contribution in [0.4, 0.5) is 0 Å². The second-order valence-corrected chi connectivity index (χ2v) is 7.15. The van der Waals surface area contributed by atoms with Gasteiger partial charge in [0, 0.05) is 43.2 Å². The van der Waals surface area contributed by atoms with Gasteiger partial charge in [-0.3, -0.25) is 4.99 Å². The maximum absolute atomic E-state index is 5.59. The van der Waals surface area contributed by atoms with Crippen LogP contribution in [0, 0.1) is 5.41 Å². The van der Waals surface area contributed by atoms with Gasteiger partial charge in [0.25, 0.3) is 0 Å². The second kappa shape index (κ2) is 6.32. The monoisotopic (exact) mass is 308 g/mol. The van der Waals surface area contributed by atoms with E-state index >= 15 is 0 Å².